The predicted octanol–water partition coefficient (Wildman–Crippen LogP) is 5.14. The average Bonchev–Trinajstić information content (AvgIpc) is 3.57. The summed E-state index contributed by atoms with van der Waals surface area (Å²) < 4.78 is 7.41. The Labute approximate surface area is 206 Å². The smallest absolute Gasteiger partial charge is 0.289 e. The molecule has 35 heavy (non-hydrogen) atoms. The average molecular weight is 487 g/mol. The zero-order valence-corrected chi connectivity index (χ0v) is 19.9. The molecule has 0 atom stereocenters. The second kappa shape index (κ2) is 8.63. The molecule has 1 fully saturated rings. The minimum Gasteiger partial charge on any atom is -0.459 e. The van der Waals surface area contributed by atoms with Crippen LogP contribution in [0.3, 0.4) is 0 Å². The van der Waals surface area contributed by atoms with Crippen molar-refractivity contribution in [3.8, 4) is 0 Å². The van der Waals surface area contributed by atoms with Crippen LogP contribution in [0.1, 0.15) is 16.1 Å². The van der Waals surface area contributed by atoms with Crippen molar-refractivity contribution in [1.82, 2.24) is 19.3 Å². The van der Waals surface area contributed by atoms with Crippen molar-refractivity contribution in [3.63, 3.8) is 0 Å². The molecule has 3 aromatic heterocycles. The quantitative estimate of drug-likeness (QED) is 0.379. The van der Waals surface area contributed by atoms with Crippen LogP contribution in [-0.4, -0.2) is 51.4 Å². The number of furan rings is 1. The largest absolute Gasteiger partial charge is 0.459 e. The van der Waals surface area contributed by atoms with Gasteiger partial charge in [0.05, 0.1) is 34.2 Å². The van der Waals surface area contributed by atoms with E-state index >= 15 is 0 Å². The van der Waals surface area contributed by atoms with Gasteiger partial charge >= 0.3 is 0 Å². The summed E-state index contributed by atoms with van der Waals surface area (Å²) in [5.41, 5.74) is 4.52. The number of para-hydroxylation sites is 3. The summed E-state index contributed by atoms with van der Waals surface area (Å²) in [6.45, 7) is 4.50. The monoisotopic (exact) mass is 486 g/mol. The highest BCUT2D eigenvalue weighted by molar-refractivity contribution is 6.33. The first-order valence-electron chi connectivity index (χ1n) is 11.5. The van der Waals surface area contributed by atoms with Crippen LogP contribution in [0.5, 0.6) is 0 Å². The lowest BCUT2D eigenvalue weighted by Gasteiger charge is -2.34. The Morgan fingerprint density at radius 3 is 2.60 bits per heavy atom. The van der Waals surface area contributed by atoms with Crippen LogP contribution in [0.15, 0.2) is 71.5 Å². The van der Waals surface area contributed by atoms with Gasteiger partial charge in [0.15, 0.2) is 11.6 Å². The molecule has 0 unspecified atom stereocenters. The fourth-order valence-corrected chi connectivity index (χ4v) is 4.83. The molecule has 1 saturated heterocycles. The molecule has 2 aromatic carbocycles. The number of hydrogen-bond acceptors (Lipinski definition) is 6. The number of aromatic nitrogens is 3. The lowest BCUT2D eigenvalue weighted by molar-refractivity contribution is 0.0714. The highest BCUT2D eigenvalue weighted by atomic mass is 35.5. The van der Waals surface area contributed by atoms with E-state index in [1.165, 1.54) is 6.26 Å². The minimum absolute atomic E-state index is 0.0844. The number of rotatable bonds is 4. The second-order valence-electron chi connectivity index (χ2n) is 8.54. The van der Waals surface area contributed by atoms with E-state index in [0.717, 1.165) is 33.7 Å². The van der Waals surface area contributed by atoms with Crippen LogP contribution in [0.2, 0.25) is 5.02 Å². The van der Waals surface area contributed by atoms with Crippen LogP contribution >= 0.6 is 11.6 Å². The number of fused-ring (bicyclic) bond motifs is 3. The highest BCUT2D eigenvalue weighted by Crippen LogP contribution is 2.33. The predicted molar refractivity (Wildman–Crippen MR) is 137 cm³/mol. The number of imidazole rings is 1. The number of anilines is 3. The van der Waals surface area contributed by atoms with E-state index in [4.69, 9.17) is 26.0 Å². The van der Waals surface area contributed by atoms with Gasteiger partial charge in [0.1, 0.15) is 5.52 Å². The van der Waals surface area contributed by atoms with Gasteiger partial charge < -0.3 is 19.5 Å². The zero-order chi connectivity index (χ0) is 23.9. The van der Waals surface area contributed by atoms with Crippen molar-refractivity contribution in [2.45, 2.75) is 6.92 Å². The Morgan fingerprint density at radius 2 is 1.83 bits per heavy atom. The highest BCUT2D eigenvalue weighted by Gasteiger charge is 2.26. The van der Waals surface area contributed by atoms with E-state index in [9.17, 15) is 4.79 Å². The van der Waals surface area contributed by atoms with E-state index in [2.05, 4.69) is 14.6 Å². The summed E-state index contributed by atoms with van der Waals surface area (Å²) in [6, 6.07) is 17.2. The molecule has 0 bridgehead atoms. The Hall–Kier alpha value is -4.04. The Bertz CT molecular complexity index is 1520. The summed E-state index contributed by atoms with van der Waals surface area (Å²) in [4.78, 5) is 26.4. The number of carbonyl (C=O) groups is 1. The van der Waals surface area contributed by atoms with Crippen molar-refractivity contribution >= 4 is 51.5 Å². The van der Waals surface area contributed by atoms with Crippen molar-refractivity contribution in [1.29, 1.82) is 0 Å². The van der Waals surface area contributed by atoms with Crippen LogP contribution in [0.25, 0.3) is 16.6 Å². The fourth-order valence-electron chi connectivity index (χ4n) is 4.56. The van der Waals surface area contributed by atoms with Crippen molar-refractivity contribution in [2.75, 3.05) is 36.4 Å². The number of nitrogens with zero attached hydrogens (tertiary/aromatic N) is 5. The van der Waals surface area contributed by atoms with Gasteiger partial charge in [-0.2, -0.15) is 0 Å². The second-order valence-corrected chi connectivity index (χ2v) is 8.95. The van der Waals surface area contributed by atoms with E-state index in [1.807, 2.05) is 60.5 Å². The molecular formula is C26H23ClN6O2. The van der Waals surface area contributed by atoms with Gasteiger partial charge in [-0.15, -0.1) is 0 Å². The molecule has 1 N–H and O–H groups in total. The third-order valence-corrected chi connectivity index (χ3v) is 6.70. The Balaban J connectivity index is 1.37. The molecule has 9 heteroatoms. The van der Waals surface area contributed by atoms with Crippen LogP contribution in [0.4, 0.5) is 17.5 Å². The maximum absolute atomic E-state index is 12.7. The van der Waals surface area contributed by atoms with Gasteiger partial charge in [-0.3, -0.25) is 9.20 Å². The molecule has 5 aromatic rings. The number of piperazine rings is 1. The molecule has 1 aliphatic rings. The molecule has 1 aliphatic heterocycles. The molecule has 176 valence electrons. The van der Waals surface area contributed by atoms with Crippen molar-refractivity contribution < 1.29 is 9.21 Å². The Kier molecular flexibility index (Phi) is 5.30. The maximum Gasteiger partial charge on any atom is 0.289 e. The first kappa shape index (κ1) is 21.5. The number of carbonyl (C=O) groups excluding carboxylic acids is 1. The number of halogens is 1. The molecule has 0 radical (unpaired) electrons. The SMILES string of the molecule is Cc1cccc(Cl)c1Nc1nc2ccccc2n2c(N3CCN(C(=O)c4ccco4)CC3)ncc12. The van der Waals surface area contributed by atoms with Gasteiger partial charge in [0.25, 0.3) is 5.91 Å². The molecule has 0 saturated carbocycles. The number of nitrogens with one attached hydrogen (secondary N) is 1. The molecule has 0 spiro atoms. The first-order chi connectivity index (χ1) is 17.1. The molecule has 8 nitrogen and oxygen atoms in total. The van der Waals surface area contributed by atoms with Gasteiger partial charge in [-0.1, -0.05) is 35.9 Å². The topological polar surface area (TPSA) is 78.9 Å². The summed E-state index contributed by atoms with van der Waals surface area (Å²) in [7, 11) is 0. The molecular weight excluding hydrogens is 464 g/mol. The summed E-state index contributed by atoms with van der Waals surface area (Å²) >= 11 is 6.49. The number of amides is 1. The summed E-state index contributed by atoms with van der Waals surface area (Å²) in [5, 5.41) is 4.08. The van der Waals surface area contributed by atoms with Crippen LogP contribution < -0.4 is 10.2 Å². The normalized spacial score (nSPS) is 14.1. The van der Waals surface area contributed by atoms with Gasteiger partial charge in [-0.05, 0) is 42.8 Å². The van der Waals surface area contributed by atoms with Gasteiger partial charge in [0, 0.05) is 26.2 Å². The molecule has 4 heterocycles. The first-order valence-corrected chi connectivity index (χ1v) is 11.8. The lowest BCUT2D eigenvalue weighted by atomic mass is 10.2. The molecule has 6 rings (SSSR count). The minimum atomic E-state index is -0.0844. The summed E-state index contributed by atoms with van der Waals surface area (Å²) in [5.74, 6) is 1.79. The standard InChI is InChI=1S/C26H23ClN6O2/c1-17-6-4-7-18(27)23(17)30-24-21-16-28-26(33(21)20-9-3-2-8-19(20)29-24)32-13-11-31(12-14-32)25(34)22-10-5-15-35-22/h2-10,15-16H,11-14H2,1H3,(H,29,30). The summed E-state index contributed by atoms with van der Waals surface area (Å²) in [6.07, 6.45) is 3.36. The molecule has 0 aliphatic carbocycles. The Morgan fingerprint density at radius 1 is 1.00 bits per heavy atom. The van der Waals surface area contributed by atoms with Gasteiger partial charge in [-0.25, -0.2) is 9.97 Å². The third kappa shape index (κ3) is 3.76. The lowest BCUT2D eigenvalue weighted by Crippen LogP contribution is -2.49. The molecule has 1 amide bonds. The van der Waals surface area contributed by atoms with Gasteiger partial charge in [0.2, 0.25) is 5.95 Å². The van der Waals surface area contributed by atoms with E-state index in [1.54, 1.807) is 12.1 Å². The maximum atomic E-state index is 12.7. The van der Waals surface area contributed by atoms with E-state index in [0.29, 0.717) is 42.8 Å². The van der Waals surface area contributed by atoms with Crippen LogP contribution in [-0.2, 0) is 0 Å². The van der Waals surface area contributed by atoms with Crippen molar-refractivity contribution in [3.05, 3.63) is 83.4 Å². The van der Waals surface area contributed by atoms with Crippen molar-refractivity contribution in [2.24, 2.45) is 0 Å². The van der Waals surface area contributed by atoms with Crippen LogP contribution in [0, 0.1) is 6.92 Å². The third-order valence-electron chi connectivity index (χ3n) is 6.39. The van der Waals surface area contributed by atoms with E-state index < -0.39 is 0 Å². The number of benzene rings is 2. The zero-order valence-electron chi connectivity index (χ0n) is 19.1. The fraction of sp³-hybridized carbons (Fsp3) is 0.192. The number of aryl methyl sites for hydroxylation is 1. The van der Waals surface area contributed by atoms with E-state index in [-0.39, 0.29) is 5.91 Å². The number of hydrogen-bond donors (Lipinski definition) is 1.